The van der Waals surface area contributed by atoms with Gasteiger partial charge in [-0.25, -0.2) is 4.79 Å². The van der Waals surface area contributed by atoms with Crippen molar-refractivity contribution in [3.05, 3.63) is 71.3 Å². The lowest BCUT2D eigenvalue weighted by atomic mass is 9.86. The van der Waals surface area contributed by atoms with Crippen molar-refractivity contribution in [2.45, 2.75) is 58.0 Å². The Kier molecular flexibility index (Phi) is 6.26. The molecule has 2 aromatic rings. The zero-order chi connectivity index (χ0) is 22.8. The van der Waals surface area contributed by atoms with Crippen LogP contribution in [0.5, 0.6) is 0 Å². The number of carbonyl (C=O) groups is 1. The van der Waals surface area contributed by atoms with Gasteiger partial charge in [0.15, 0.2) is 0 Å². The van der Waals surface area contributed by atoms with Crippen LogP contribution in [0.3, 0.4) is 0 Å². The van der Waals surface area contributed by atoms with Crippen molar-refractivity contribution >= 4 is 17.5 Å². The normalized spacial score (nSPS) is 18.2. The van der Waals surface area contributed by atoms with Gasteiger partial charge in [-0.2, -0.15) is 0 Å². The van der Waals surface area contributed by atoms with E-state index in [9.17, 15) is 4.79 Å². The Morgan fingerprint density at radius 3 is 2.34 bits per heavy atom. The summed E-state index contributed by atoms with van der Waals surface area (Å²) in [4.78, 5) is 23.7. The van der Waals surface area contributed by atoms with E-state index in [4.69, 9.17) is 9.68 Å². The van der Waals surface area contributed by atoms with E-state index in [2.05, 4.69) is 68.8 Å². The Hall–Kier alpha value is -2.83. The molecule has 0 aliphatic carbocycles. The average Bonchev–Trinajstić information content (AvgIpc) is 3.19. The molecule has 0 saturated carbocycles. The fourth-order valence-electron chi connectivity index (χ4n) is 4.05. The van der Waals surface area contributed by atoms with E-state index in [1.807, 2.05) is 24.3 Å². The van der Waals surface area contributed by atoms with Gasteiger partial charge in [-0.05, 0) is 59.6 Å². The number of hydrogen-bond donors (Lipinski definition) is 2. The number of rotatable bonds is 4. The lowest BCUT2D eigenvalue weighted by molar-refractivity contribution is -0.153. The van der Waals surface area contributed by atoms with E-state index in [0.717, 1.165) is 36.2 Å². The van der Waals surface area contributed by atoms with Crippen LogP contribution in [0.15, 0.2) is 54.6 Å². The van der Waals surface area contributed by atoms with E-state index >= 15 is 0 Å². The first-order valence-electron chi connectivity index (χ1n) is 11.4. The maximum atomic E-state index is 12.3. The molecule has 0 unspecified atom stereocenters. The molecular weight excluding hydrogens is 402 g/mol. The first-order valence-corrected chi connectivity index (χ1v) is 11.4. The van der Waals surface area contributed by atoms with Gasteiger partial charge in [0.2, 0.25) is 0 Å². The SMILES string of the molecule is CCc1ccc(NC(=O)ON2CCC3(C=C(c4ccc(C(C)(C)C)cc4)NO3)CC2)cc1. The average molecular weight is 436 g/mol. The second-order valence-electron chi connectivity index (χ2n) is 9.64. The van der Waals surface area contributed by atoms with Gasteiger partial charge >= 0.3 is 6.09 Å². The molecule has 2 aliphatic heterocycles. The highest BCUT2D eigenvalue weighted by molar-refractivity contribution is 5.84. The summed E-state index contributed by atoms with van der Waals surface area (Å²) in [5, 5.41) is 4.49. The van der Waals surface area contributed by atoms with Crippen LogP contribution in [0.25, 0.3) is 5.70 Å². The Balaban J connectivity index is 1.31. The lowest BCUT2D eigenvalue weighted by Gasteiger charge is -2.35. The second kappa shape index (κ2) is 8.96. The molecule has 1 saturated heterocycles. The van der Waals surface area contributed by atoms with Crippen molar-refractivity contribution < 1.29 is 14.5 Å². The zero-order valence-electron chi connectivity index (χ0n) is 19.4. The molecule has 1 amide bonds. The number of anilines is 1. The molecule has 1 spiro atoms. The molecule has 6 nitrogen and oxygen atoms in total. The number of amides is 1. The van der Waals surface area contributed by atoms with Gasteiger partial charge in [-0.15, -0.1) is 5.06 Å². The van der Waals surface area contributed by atoms with E-state index in [0.29, 0.717) is 13.1 Å². The second-order valence-corrected chi connectivity index (χ2v) is 9.64. The summed E-state index contributed by atoms with van der Waals surface area (Å²) in [5.41, 5.74) is 8.24. The smallest absolute Gasteiger partial charge is 0.351 e. The number of nitrogens with zero attached hydrogens (tertiary/aromatic N) is 1. The lowest BCUT2D eigenvalue weighted by Crippen LogP contribution is -2.45. The Morgan fingerprint density at radius 2 is 1.75 bits per heavy atom. The molecule has 1 fully saturated rings. The molecule has 2 heterocycles. The quantitative estimate of drug-likeness (QED) is 0.671. The van der Waals surface area contributed by atoms with Crippen LogP contribution in [-0.4, -0.2) is 29.8 Å². The van der Waals surface area contributed by atoms with Crippen molar-refractivity contribution in [3.63, 3.8) is 0 Å². The molecule has 6 heteroatoms. The van der Waals surface area contributed by atoms with E-state index in [-0.39, 0.29) is 11.0 Å². The van der Waals surface area contributed by atoms with Crippen LogP contribution >= 0.6 is 0 Å². The Labute approximate surface area is 190 Å². The highest BCUT2D eigenvalue weighted by Gasteiger charge is 2.39. The monoisotopic (exact) mass is 435 g/mol. The van der Waals surface area contributed by atoms with Crippen molar-refractivity contribution in [2.24, 2.45) is 0 Å². The first kappa shape index (κ1) is 22.4. The van der Waals surface area contributed by atoms with Crippen LogP contribution < -0.4 is 10.8 Å². The van der Waals surface area contributed by atoms with E-state index in [1.165, 1.54) is 11.1 Å². The molecule has 2 aromatic carbocycles. The van der Waals surface area contributed by atoms with Gasteiger partial charge < -0.3 is 4.84 Å². The summed E-state index contributed by atoms with van der Waals surface area (Å²) in [5.74, 6) is 0. The molecule has 0 aromatic heterocycles. The number of carbonyl (C=O) groups excluding carboxylic acids is 1. The summed E-state index contributed by atoms with van der Waals surface area (Å²) in [6, 6.07) is 16.4. The van der Waals surface area contributed by atoms with Gasteiger partial charge in [0.05, 0.1) is 5.70 Å². The Morgan fingerprint density at radius 1 is 1.09 bits per heavy atom. The van der Waals surface area contributed by atoms with Crippen LogP contribution in [0.1, 0.15) is 57.2 Å². The largest absolute Gasteiger partial charge is 0.430 e. The van der Waals surface area contributed by atoms with Crippen LogP contribution in [-0.2, 0) is 21.5 Å². The van der Waals surface area contributed by atoms with Crippen molar-refractivity contribution in [1.29, 1.82) is 0 Å². The molecule has 0 radical (unpaired) electrons. The van der Waals surface area contributed by atoms with Crippen LogP contribution in [0.4, 0.5) is 10.5 Å². The van der Waals surface area contributed by atoms with Gasteiger partial charge in [-0.3, -0.25) is 15.6 Å². The molecule has 32 heavy (non-hydrogen) atoms. The molecule has 0 atom stereocenters. The summed E-state index contributed by atoms with van der Waals surface area (Å²) < 4.78 is 0. The Bertz CT molecular complexity index is 967. The first-order chi connectivity index (χ1) is 15.3. The number of hydroxylamine groups is 3. The van der Waals surface area contributed by atoms with Crippen LogP contribution in [0.2, 0.25) is 0 Å². The van der Waals surface area contributed by atoms with Gasteiger partial charge in [-0.1, -0.05) is 64.1 Å². The minimum atomic E-state index is -0.467. The van der Waals surface area contributed by atoms with Crippen molar-refractivity contribution in [1.82, 2.24) is 10.5 Å². The zero-order valence-corrected chi connectivity index (χ0v) is 19.4. The van der Waals surface area contributed by atoms with E-state index < -0.39 is 6.09 Å². The highest BCUT2D eigenvalue weighted by Crippen LogP contribution is 2.35. The number of piperidine rings is 1. The van der Waals surface area contributed by atoms with Gasteiger partial charge in [0.1, 0.15) is 5.60 Å². The minimum Gasteiger partial charge on any atom is -0.351 e. The molecule has 2 aliphatic rings. The molecule has 0 bridgehead atoms. The molecule has 170 valence electrons. The minimum absolute atomic E-state index is 0.131. The van der Waals surface area contributed by atoms with Crippen molar-refractivity contribution in [2.75, 3.05) is 18.4 Å². The summed E-state index contributed by atoms with van der Waals surface area (Å²) >= 11 is 0. The van der Waals surface area contributed by atoms with Gasteiger partial charge in [0, 0.05) is 18.8 Å². The third-order valence-electron chi connectivity index (χ3n) is 6.22. The fraction of sp³-hybridized carbons (Fsp3) is 0.423. The predicted molar refractivity (Wildman–Crippen MR) is 127 cm³/mol. The standard InChI is InChI=1S/C26H33N3O3/c1-5-19-6-12-22(13-7-19)27-24(30)31-29-16-14-26(15-17-29)18-23(28-32-26)20-8-10-21(11-9-20)25(2,3)4/h6-13,18,28H,5,14-17H2,1-4H3,(H,27,30). The molecular formula is C26H33N3O3. The summed E-state index contributed by atoms with van der Waals surface area (Å²) in [7, 11) is 0. The third kappa shape index (κ3) is 5.14. The van der Waals surface area contributed by atoms with E-state index in [1.54, 1.807) is 5.06 Å². The number of aryl methyl sites for hydroxylation is 1. The number of hydrogen-bond acceptors (Lipinski definition) is 5. The predicted octanol–water partition coefficient (Wildman–Crippen LogP) is 5.42. The topological polar surface area (TPSA) is 62.8 Å². The highest BCUT2D eigenvalue weighted by atomic mass is 16.7. The van der Waals surface area contributed by atoms with Gasteiger partial charge in [0.25, 0.3) is 0 Å². The maximum Gasteiger partial charge on any atom is 0.430 e. The maximum absolute atomic E-state index is 12.3. The summed E-state index contributed by atoms with van der Waals surface area (Å²) in [6.45, 7) is 9.96. The summed E-state index contributed by atoms with van der Waals surface area (Å²) in [6.07, 6.45) is 4.15. The number of nitrogens with one attached hydrogen (secondary N) is 2. The molecule has 2 N–H and O–H groups in total. The number of benzene rings is 2. The third-order valence-corrected chi connectivity index (χ3v) is 6.22. The fourth-order valence-corrected chi connectivity index (χ4v) is 4.05. The van der Waals surface area contributed by atoms with Crippen molar-refractivity contribution in [3.8, 4) is 0 Å². The van der Waals surface area contributed by atoms with Crippen LogP contribution in [0, 0.1) is 0 Å². The molecule has 4 rings (SSSR count).